The maximum atomic E-state index is 10.1. The highest BCUT2D eigenvalue weighted by atomic mass is 32.2. The van der Waals surface area contributed by atoms with Crippen LogP contribution in [0.1, 0.15) is 19.8 Å². The third-order valence-electron chi connectivity index (χ3n) is 2.09. The minimum absolute atomic E-state index is 0.595. The Bertz CT molecular complexity index is 119. The average molecular weight is 189 g/mol. The van der Waals surface area contributed by atoms with Crippen LogP contribution in [0.15, 0.2) is 0 Å². The SMILES string of the molecule is CSCCC(C)N(C)CCC=O. The summed E-state index contributed by atoms with van der Waals surface area (Å²) >= 11 is 1.87. The van der Waals surface area contributed by atoms with Crippen molar-refractivity contribution < 1.29 is 4.79 Å². The molecule has 3 heteroatoms. The minimum atomic E-state index is 0.595. The molecule has 0 N–H and O–H groups in total. The number of hydrogen-bond acceptors (Lipinski definition) is 3. The van der Waals surface area contributed by atoms with Crippen molar-refractivity contribution in [3.8, 4) is 0 Å². The molecule has 0 saturated heterocycles. The molecule has 2 nitrogen and oxygen atoms in total. The van der Waals surface area contributed by atoms with Crippen molar-refractivity contribution in [2.75, 3.05) is 25.6 Å². The molecule has 0 aromatic carbocycles. The van der Waals surface area contributed by atoms with E-state index in [4.69, 9.17) is 0 Å². The molecular formula is C9H19NOS. The van der Waals surface area contributed by atoms with Crippen LogP contribution in [0.3, 0.4) is 0 Å². The maximum absolute atomic E-state index is 10.1. The summed E-state index contributed by atoms with van der Waals surface area (Å²) in [6.07, 6.45) is 4.96. The van der Waals surface area contributed by atoms with E-state index >= 15 is 0 Å². The Labute approximate surface area is 79.7 Å². The standard InChI is InChI=1S/C9H19NOS/c1-9(5-8-12-3)10(2)6-4-7-11/h7,9H,4-6,8H2,1-3H3. The molecule has 0 aromatic heterocycles. The topological polar surface area (TPSA) is 20.3 Å². The number of rotatable bonds is 7. The van der Waals surface area contributed by atoms with Gasteiger partial charge in [-0.1, -0.05) is 0 Å². The van der Waals surface area contributed by atoms with E-state index in [2.05, 4.69) is 25.1 Å². The Kier molecular flexibility index (Phi) is 7.61. The first-order valence-electron chi connectivity index (χ1n) is 4.35. The molecule has 0 saturated carbocycles. The van der Waals surface area contributed by atoms with Crippen LogP contribution < -0.4 is 0 Å². The van der Waals surface area contributed by atoms with Gasteiger partial charge in [-0.3, -0.25) is 0 Å². The summed E-state index contributed by atoms with van der Waals surface area (Å²) < 4.78 is 0. The molecule has 1 atom stereocenters. The summed E-state index contributed by atoms with van der Waals surface area (Å²) in [6.45, 7) is 3.10. The monoisotopic (exact) mass is 189 g/mol. The van der Waals surface area contributed by atoms with E-state index < -0.39 is 0 Å². The van der Waals surface area contributed by atoms with Gasteiger partial charge in [0.25, 0.3) is 0 Å². The van der Waals surface area contributed by atoms with Gasteiger partial charge in [-0.15, -0.1) is 0 Å². The van der Waals surface area contributed by atoms with Gasteiger partial charge < -0.3 is 9.69 Å². The molecule has 0 heterocycles. The number of carbonyl (C=O) groups excluding carboxylic acids is 1. The molecule has 0 aliphatic heterocycles. The molecule has 0 aliphatic carbocycles. The highest BCUT2D eigenvalue weighted by Gasteiger charge is 2.06. The van der Waals surface area contributed by atoms with Crippen molar-refractivity contribution in [3.05, 3.63) is 0 Å². The van der Waals surface area contributed by atoms with Gasteiger partial charge in [0, 0.05) is 19.0 Å². The fourth-order valence-electron chi connectivity index (χ4n) is 0.986. The first-order valence-corrected chi connectivity index (χ1v) is 5.74. The number of aldehydes is 1. The van der Waals surface area contributed by atoms with E-state index in [1.165, 1.54) is 12.2 Å². The van der Waals surface area contributed by atoms with Gasteiger partial charge in [0.2, 0.25) is 0 Å². The molecule has 0 aromatic rings. The molecule has 0 fully saturated rings. The highest BCUT2D eigenvalue weighted by Crippen LogP contribution is 2.05. The van der Waals surface area contributed by atoms with Gasteiger partial charge in [0.15, 0.2) is 0 Å². The molecule has 0 rings (SSSR count). The fourth-order valence-corrected chi connectivity index (χ4v) is 1.56. The zero-order chi connectivity index (χ0) is 9.40. The van der Waals surface area contributed by atoms with Crippen molar-refractivity contribution in [2.24, 2.45) is 0 Å². The molecule has 72 valence electrons. The molecule has 0 radical (unpaired) electrons. The zero-order valence-corrected chi connectivity index (χ0v) is 9.06. The van der Waals surface area contributed by atoms with Gasteiger partial charge in [0.1, 0.15) is 6.29 Å². The van der Waals surface area contributed by atoms with Crippen LogP contribution in [-0.2, 0) is 4.79 Å². The Balaban J connectivity index is 3.45. The van der Waals surface area contributed by atoms with E-state index in [1.807, 2.05) is 11.8 Å². The van der Waals surface area contributed by atoms with Gasteiger partial charge in [-0.2, -0.15) is 11.8 Å². The lowest BCUT2D eigenvalue weighted by Crippen LogP contribution is -2.30. The summed E-state index contributed by atoms with van der Waals surface area (Å²) in [4.78, 5) is 12.4. The number of carbonyl (C=O) groups is 1. The van der Waals surface area contributed by atoms with Crippen molar-refractivity contribution >= 4 is 18.0 Å². The maximum Gasteiger partial charge on any atom is 0.121 e. The quantitative estimate of drug-likeness (QED) is 0.568. The normalized spacial score (nSPS) is 13.3. The summed E-state index contributed by atoms with van der Waals surface area (Å²) in [5, 5.41) is 0. The number of thioether (sulfide) groups is 1. The fraction of sp³-hybridized carbons (Fsp3) is 0.889. The van der Waals surface area contributed by atoms with Crippen LogP contribution in [0.5, 0.6) is 0 Å². The van der Waals surface area contributed by atoms with Gasteiger partial charge in [0.05, 0.1) is 0 Å². The van der Waals surface area contributed by atoms with Crippen LogP contribution in [-0.4, -0.2) is 42.8 Å². The second-order valence-electron chi connectivity index (χ2n) is 3.07. The zero-order valence-electron chi connectivity index (χ0n) is 8.25. The van der Waals surface area contributed by atoms with E-state index in [9.17, 15) is 4.79 Å². The molecule has 1 unspecified atom stereocenters. The predicted molar refractivity (Wildman–Crippen MR) is 55.8 cm³/mol. The Morgan fingerprint density at radius 2 is 2.25 bits per heavy atom. The van der Waals surface area contributed by atoms with Crippen molar-refractivity contribution in [1.82, 2.24) is 4.90 Å². The molecule has 0 bridgehead atoms. The largest absolute Gasteiger partial charge is 0.303 e. The van der Waals surface area contributed by atoms with Crippen LogP contribution in [0.25, 0.3) is 0 Å². The Hall–Kier alpha value is -0.0200. The molecule has 0 aliphatic rings. The first kappa shape index (κ1) is 12.0. The number of nitrogens with zero attached hydrogens (tertiary/aromatic N) is 1. The first-order chi connectivity index (χ1) is 5.72. The van der Waals surface area contributed by atoms with Gasteiger partial charge >= 0.3 is 0 Å². The van der Waals surface area contributed by atoms with Crippen LogP contribution in [0.4, 0.5) is 0 Å². The molecule has 12 heavy (non-hydrogen) atoms. The molecule has 0 amide bonds. The van der Waals surface area contributed by atoms with E-state index in [1.54, 1.807) is 0 Å². The van der Waals surface area contributed by atoms with Crippen molar-refractivity contribution in [1.29, 1.82) is 0 Å². The van der Waals surface area contributed by atoms with Crippen LogP contribution in [0.2, 0.25) is 0 Å². The molecular weight excluding hydrogens is 170 g/mol. The van der Waals surface area contributed by atoms with E-state index in [0.29, 0.717) is 12.5 Å². The second kappa shape index (κ2) is 7.62. The smallest absolute Gasteiger partial charge is 0.121 e. The van der Waals surface area contributed by atoms with Crippen LogP contribution in [0, 0.1) is 0 Å². The predicted octanol–water partition coefficient (Wildman–Crippen LogP) is 1.65. The number of hydrogen-bond donors (Lipinski definition) is 0. The van der Waals surface area contributed by atoms with Gasteiger partial charge in [-0.05, 0) is 32.4 Å². The third kappa shape index (κ3) is 5.61. The van der Waals surface area contributed by atoms with Crippen LogP contribution >= 0.6 is 11.8 Å². The minimum Gasteiger partial charge on any atom is -0.303 e. The Morgan fingerprint density at radius 1 is 1.58 bits per heavy atom. The third-order valence-corrected chi connectivity index (χ3v) is 2.74. The summed E-state index contributed by atoms with van der Waals surface area (Å²) in [5.74, 6) is 1.20. The lowest BCUT2D eigenvalue weighted by atomic mass is 10.2. The van der Waals surface area contributed by atoms with Crippen molar-refractivity contribution in [2.45, 2.75) is 25.8 Å². The summed E-state index contributed by atoms with van der Waals surface area (Å²) in [6, 6.07) is 0.595. The highest BCUT2D eigenvalue weighted by molar-refractivity contribution is 7.98. The van der Waals surface area contributed by atoms with E-state index in [-0.39, 0.29) is 0 Å². The molecule has 0 spiro atoms. The second-order valence-corrected chi connectivity index (χ2v) is 4.05. The van der Waals surface area contributed by atoms with Crippen molar-refractivity contribution in [3.63, 3.8) is 0 Å². The van der Waals surface area contributed by atoms with E-state index in [0.717, 1.165) is 12.8 Å². The summed E-state index contributed by atoms with van der Waals surface area (Å²) in [7, 11) is 2.08. The average Bonchev–Trinajstić information content (AvgIpc) is 2.10. The Morgan fingerprint density at radius 3 is 2.75 bits per heavy atom. The summed E-state index contributed by atoms with van der Waals surface area (Å²) in [5.41, 5.74) is 0. The lowest BCUT2D eigenvalue weighted by Gasteiger charge is -2.23. The van der Waals surface area contributed by atoms with Gasteiger partial charge in [-0.25, -0.2) is 0 Å². The lowest BCUT2D eigenvalue weighted by molar-refractivity contribution is -0.108.